The number of anilines is 2. The van der Waals surface area contributed by atoms with Gasteiger partial charge < -0.3 is 36.5 Å². The van der Waals surface area contributed by atoms with Gasteiger partial charge in [0, 0.05) is 60.5 Å². The highest BCUT2D eigenvalue weighted by Crippen LogP contribution is 2.29. The molecule has 0 bridgehead atoms. The molecule has 12 heteroatoms. The largest absolute Gasteiger partial charge is 0.497 e. The third-order valence-corrected chi connectivity index (χ3v) is 7.62. The van der Waals surface area contributed by atoms with Crippen molar-refractivity contribution >= 4 is 57.4 Å². The van der Waals surface area contributed by atoms with E-state index in [0.717, 1.165) is 70.4 Å². The molecule has 2 aromatic heterocycles. The van der Waals surface area contributed by atoms with Crippen LogP contribution in [0.4, 0.5) is 11.4 Å². The number of nitrogens with one attached hydrogen (secondary N) is 4. The molecule has 2 heterocycles. The Morgan fingerprint density at radius 1 is 0.783 bits per heavy atom. The number of halogens is 1. The highest BCUT2D eigenvalue weighted by Gasteiger charge is 2.17. The maximum Gasteiger partial charge on any atom is 0.237 e. The fourth-order valence-corrected chi connectivity index (χ4v) is 5.21. The lowest BCUT2D eigenvalue weighted by atomic mass is 10.1. The van der Waals surface area contributed by atoms with E-state index in [9.17, 15) is 9.59 Å². The van der Waals surface area contributed by atoms with Crippen LogP contribution in [0.5, 0.6) is 11.5 Å². The number of aromatic nitrogens is 2. The van der Waals surface area contributed by atoms with Crippen LogP contribution in [-0.2, 0) is 9.59 Å². The van der Waals surface area contributed by atoms with Crippen LogP contribution < -0.4 is 36.5 Å². The maximum atomic E-state index is 12.5. The Morgan fingerprint density at radius 3 is 1.74 bits per heavy atom. The van der Waals surface area contributed by atoms with Crippen LogP contribution in [0.2, 0.25) is 0 Å². The molecule has 2 unspecified atom stereocenters. The van der Waals surface area contributed by atoms with Gasteiger partial charge in [0.2, 0.25) is 11.8 Å². The highest BCUT2D eigenvalue weighted by molar-refractivity contribution is 5.93. The first kappa shape index (κ1) is 36.1. The lowest BCUT2D eigenvalue weighted by Gasteiger charge is -2.18. The third-order valence-electron chi connectivity index (χ3n) is 7.62. The number of amides is 2. The Morgan fingerprint density at radius 2 is 1.26 bits per heavy atom. The average Bonchev–Trinajstić information content (AvgIpc) is 3.04. The molecule has 11 nitrogen and oxygen atoms in total. The van der Waals surface area contributed by atoms with Gasteiger partial charge in [-0.2, -0.15) is 0 Å². The standard InChI is InChI=1S/C34H45N7O4.ClH/c1-22(40-29-19-26(44-3)17-24-11-7-14-37-32(24)29)9-5-13-36-31(42)21-28(35)34(43)39-16-6-10-23(2)41-30-20-27(45-4)18-25-12-8-15-38-33(25)30;/h7-8,11-12,14-15,17-20,22-23,28,40-41H,5-6,9-10,13,16,21,35H2,1-4H3,(H,36,42)(H,39,43);1H/t22?,23?,28-;/m1./s1. The second kappa shape index (κ2) is 18.0. The van der Waals surface area contributed by atoms with Gasteiger partial charge in [0.15, 0.2) is 0 Å². The van der Waals surface area contributed by atoms with E-state index >= 15 is 0 Å². The van der Waals surface area contributed by atoms with Crippen LogP contribution in [0.3, 0.4) is 0 Å². The molecule has 3 atom stereocenters. The van der Waals surface area contributed by atoms with Crippen molar-refractivity contribution in [3.63, 3.8) is 0 Å². The number of hydrogen-bond donors (Lipinski definition) is 5. The van der Waals surface area contributed by atoms with Crippen molar-refractivity contribution < 1.29 is 19.1 Å². The van der Waals surface area contributed by atoms with Crippen molar-refractivity contribution in [3.05, 3.63) is 60.9 Å². The van der Waals surface area contributed by atoms with Gasteiger partial charge in [0.1, 0.15) is 11.5 Å². The van der Waals surface area contributed by atoms with Gasteiger partial charge in [-0.05, 0) is 63.8 Å². The summed E-state index contributed by atoms with van der Waals surface area (Å²) in [5.74, 6) is 0.961. The number of methoxy groups -OCH3 is 2. The van der Waals surface area contributed by atoms with Gasteiger partial charge in [0.25, 0.3) is 0 Å². The predicted octanol–water partition coefficient (Wildman–Crippen LogP) is 5.03. The molecule has 0 spiro atoms. The molecule has 0 aliphatic rings. The zero-order valence-electron chi connectivity index (χ0n) is 27.0. The minimum absolute atomic E-state index is 0. The van der Waals surface area contributed by atoms with Gasteiger partial charge in [-0.15, -0.1) is 12.4 Å². The van der Waals surface area contributed by atoms with E-state index in [-0.39, 0.29) is 42.7 Å². The van der Waals surface area contributed by atoms with Crippen LogP contribution in [0, 0.1) is 0 Å². The lowest BCUT2D eigenvalue weighted by molar-refractivity contribution is -0.127. The number of carbonyl (C=O) groups excluding carboxylic acids is 2. The van der Waals surface area contributed by atoms with E-state index in [1.54, 1.807) is 26.6 Å². The van der Waals surface area contributed by atoms with E-state index in [1.807, 2.05) is 48.5 Å². The molecule has 4 rings (SSSR count). The molecule has 0 radical (unpaired) electrons. The molecular weight excluding hydrogens is 606 g/mol. The first-order valence-corrected chi connectivity index (χ1v) is 15.5. The summed E-state index contributed by atoms with van der Waals surface area (Å²) >= 11 is 0. The van der Waals surface area contributed by atoms with E-state index in [2.05, 4.69) is 45.1 Å². The van der Waals surface area contributed by atoms with Crippen LogP contribution in [0.25, 0.3) is 21.8 Å². The minimum Gasteiger partial charge on any atom is -0.497 e. The number of nitrogens with two attached hydrogens (primary N) is 1. The summed E-state index contributed by atoms with van der Waals surface area (Å²) in [7, 11) is 3.29. The molecule has 4 aromatic rings. The SMILES string of the molecule is COc1cc(NC(C)CCCNC(=O)C[C@@H](N)C(=O)NCCCC(C)Nc2cc(OC)cc3cccnc23)c2ncccc2c1.Cl. The minimum atomic E-state index is -0.899. The number of pyridine rings is 2. The molecule has 0 fully saturated rings. The van der Waals surface area contributed by atoms with Gasteiger partial charge in [-0.3, -0.25) is 19.6 Å². The Balaban J connectivity index is 0.00000576. The van der Waals surface area contributed by atoms with Gasteiger partial charge in [-0.1, -0.05) is 12.1 Å². The zero-order chi connectivity index (χ0) is 32.2. The number of carbonyl (C=O) groups is 2. The first-order chi connectivity index (χ1) is 21.8. The summed E-state index contributed by atoms with van der Waals surface area (Å²) in [6.07, 6.45) is 6.65. The number of benzene rings is 2. The van der Waals surface area contributed by atoms with Crippen LogP contribution in [0.1, 0.15) is 46.0 Å². The van der Waals surface area contributed by atoms with Gasteiger partial charge >= 0.3 is 0 Å². The van der Waals surface area contributed by atoms with Crippen molar-refractivity contribution in [2.45, 2.75) is 64.1 Å². The lowest BCUT2D eigenvalue weighted by Crippen LogP contribution is -2.44. The normalized spacial score (nSPS) is 12.8. The van der Waals surface area contributed by atoms with Crippen LogP contribution in [0.15, 0.2) is 60.9 Å². The number of hydrogen-bond acceptors (Lipinski definition) is 9. The van der Waals surface area contributed by atoms with Crippen molar-refractivity contribution in [2.75, 3.05) is 37.9 Å². The fourth-order valence-electron chi connectivity index (χ4n) is 5.21. The van der Waals surface area contributed by atoms with Crippen molar-refractivity contribution in [2.24, 2.45) is 5.73 Å². The summed E-state index contributed by atoms with van der Waals surface area (Å²) < 4.78 is 10.9. The molecule has 6 N–H and O–H groups in total. The molecule has 0 aliphatic carbocycles. The summed E-state index contributed by atoms with van der Waals surface area (Å²) in [4.78, 5) is 33.9. The molecule has 0 saturated carbocycles. The second-order valence-electron chi connectivity index (χ2n) is 11.3. The molecule has 46 heavy (non-hydrogen) atoms. The number of nitrogens with zero attached hydrogens (tertiary/aromatic N) is 2. The van der Waals surface area contributed by atoms with Gasteiger partial charge in [0.05, 0.1) is 49.1 Å². The van der Waals surface area contributed by atoms with Crippen LogP contribution in [-0.4, -0.2) is 67.2 Å². The molecular formula is C34H46ClN7O4. The fraction of sp³-hybridized carbons (Fsp3) is 0.412. The number of rotatable bonds is 17. The molecule has 248 valence electrons. The summed E-state index contributed by atoms with van der Waals surface area (Å²) in [6.45, 7) is 5.14. The predicted molar refractivity (Wildman–Crippen MR) is 187 cm³/mol. The highest BCUT2D eigenvalue weighted by atomic mass is 35.5. The Bertz CT molecular complexity index is 1590. The molecule has 2 amide bonds. The average molecular weight is 652 g/mol. The van der Waals surface area contributed by atoms with E-state index in [0.29, 0.717) is 13.1 Å². The summed E-state index contributed by atoms with van der Waals surface area (Å²) in [6, 6.07) is 15.0. The number of fused-ring (bicyclic) bond motifs is 2. The quantitative estimate of drug-likeness (QED) is 0.0989. The first-order valence-electron chi connectivity index (χ1n) is 15.5. The van der Waals surface area contributed by atoms with Crippen LogP contribution >= 0.6 is 12.4 Å². The van der Waals surface area contributed by atoms with Crippen molar-refractivity contribution in [1.29, 1.82) is 0 Å². The molecule has 0 saturated heterocycles. The second-order valence-corrected chi connectivity index (χ2v) is 11.3. The summed E-state index contributed by atoms with van der Waals surface area (Å²) in [5, 5.41) is 14.8. The molecule has 2 aromatic carbocycles. The third kappa shape index (κ3) is 10.3. The Labute approximate surface area is 276 Å². The van der Waals surface area contributed by atoms with Crippen molar-refractivity contribution in [1.82, 2.24) is 20.6 Å². The maximum absolute atomic E-state index is 12.5. The number of ether oxygens (including phenoxy) is 2. The summed E-state index contributed by atoms with van der Waals surface area (Å²) in [5.41, 5.74) is 9.60. The van der Waals surface area contributed by atoms with Crippen molar-refractivity contribution in [3.8, 4) is 11.5 Å². The Kier molecular flexibility index (Phi) is 14.1. The topological polar surface area (TPSA) is 153 Å². The monoisotopic (exact) mass is 651 g/mol. The van der Waals surface area contributed by atoms with Gasteiger partial charge in [-0.25, -0.2) is 0 Å². The molecule has 0 aliphatic heterocycles. The smallest absolute Gasteiger partial charge is 0.237 e. The van der Waals surface area contributed by atoms with E-state index in [4.69, 9.17) is 15.2 Å². The van der Waals surface area contributed by atoms with E-state index < -0.39 is 6.04 Å². The van der Waals surface area contributed by atoms with E-state index in [1.165, 1.54) is 0 Å². The Hall–Kier alpha value is -4.35. The zero-order valence-corrected chi connectivity index (χ0v) is 27.8.